The van der Waals surface area contributed by atoms with E-state index in [0.717, 1.165) is 25.9 Å². The first-order valence-corrected chi connectivity index (χ1v) is 8.82. The number of piperidine rings is 1. The molecule has 0 unspecified atom stereocenters. The predicted octanol–water partition coefficient (Wildman–Crippen LogP) is 4.17. The van der Waals surface area contributed by atoms with Crippen LogP contribution >= 0.6 is 0 Å². The Labute approximate surface area is 149 Å². The molecule has 0 spiro atoms. The fraction of sp³-hybridized carbons (Fsp3) is 0.450. The Balaban J connectivity index is 1.62. The third-order valence-corrected chi connectivity index (χ3v) is 5.40. The molecule has 132 valence electrons. The maximum atomic E-state index is 12.6. The van der Waals surface area contributed by atoms with E-state index < -0.39 is 0 Å². The van der Waals surface area contributed by atoms with Gasteiger partial charge >= 0.3 is 0 Å². The number of hydrogen-bond acceptors (Lipinski definition) is 4. The van der Waals surface area contributed by atoms with Crippen molar-refractivity contribution in [3.8, 4) is 11.6 Å². The summed E-state index contributed by atoms with van der Waals surface area (Å²) in [4.78, 5) is 23.0. The van der Waals surface area contributed by atoms with Crippen LogP contribution in [0, 0.1) is 11.3 Å². The van der Waals surface area contributed by atoms with Gasteiger partial charge in [-0.3, -0.25) is 4.79 Å². The topological polar surface area (TPSA) is 55.3 Å². The molecular formula is C20H25N3O2. The van der Waals surface area contributed by atoms with Crippen molar-refractivity contribution in [2.75, 3.05) is 13.1 Å². The van der Waals surface area contributed by atoms with Crippen LogP contribution in [0.15, 0.2) is 42.7 Å². The Hall–Kier alpha value is -2.43. The minimum absolute atomic E-state index is 0.0513. The van der Waals surface area contributed by atoms with Crippen molar-refractivity contribution >= 4 is 5.91 Å². The average Bonchev–Trinajstić information content (AvgIpc) is 2.63. The number of carbonyl (C=O) groups is 1. The minimum atomic E-state index is -0.0513. The summed E-state index contributed by atoms with van der Waals surface area (Å²) in [6.45, 7) is 8.38. The highest BCUT2D eigenvalue weighted by Gasteiger charge is 2.34. The van der Waals surface area contributed by atoms with Crippen LogP contribution in [0.5, 0.6) is 11.6 Å². The first kappa shape index (κ1) is 17.4. The Morgan fingerprint density at radius 3 is 2.36 bits per heavy atom. The normalized spacial score (nSPS) is 16.7. The van der Waals surface area contributed by atoms with E-state index >= 15 is 0 Å². The van der Waals surface area contributed by atoms with E-state index in [1.807, 2.05) is 35.2 Å². The van der Waals surface area contributed by atoms with E-state index in [4.69, 9.17) is 4.74 Å². The smallest absolute Gasteiger partial charge is 0.274 e. The number of carbonyl (C=O) groups excluding carboxylic acids is 1. The molecule has 1 aromatic carbocycles. The zero-order valence-electron chi connectivity index (χ0n) is 15.1. The molecule has 0 atom stereocenters. The van der Waals surface area contributed by atoms with Gasteiger partial charge in [0.25, 0.3) is 5.91 Å². The quantitative estimate of drug-likeness (QED) is 0.839. The van der Waals surface area contributed by atoms with Crippen LogP contribution in [0.4, 0.5) is 0 Å². The molecule has 3 rings (SSSR count). The highest BCUT2D eigenvalue weighted by Crippen LogP contribution is 2.38. The number of benzene rings is 1. The third-order valence-electron chi connectivity index (χ3n) is 5.40. The van der Waals surface area contributed by atoms with Gasteiger partial charge in [0, 0.05) is 13.1 Å². The number of para-hydroxylation sites is 1. The Morgan fingerprint density at radius 1 is 1.12 bits per heavy atom. The lowest BCUT2D eigenvalue weighted by Crippen LogP contribution is -2.44. The number of ether oxygens (including phenoxy) is 1. The standard InChI is InChI=1S/C20H25N3O2/c1-15(2)20(3)9-11-23(12-10-20)19(24)17-13-22-18(14-21-17)25-16-7-5-4-6-8-16/h4-8,13-15H,9-12H2,1-3H3. The summed E-state index contributed by atoms with van der Waals surface area (Å²) < 4.78 is 5.61. The van der Waals surface area contributed by atoms with Crippen LogP contribution in [-0.2, 0) is 0 Å². The maximum Gasteiger partial charge on any atom is 0.274 e. The zero-order valence-corrected chi connectivity index (χ0v) is 15.1. The second kappa shape index (κ2) is 7.21. The van der Waals surface area contributed by atoms with E-state index in [9.17, 15) is 4.79 Å². The van der Waals surface area contributed by atoms with Crippen LogP contribution in [0.1, 0.15) is 44.1 Å². The summed E-state index contributed by atoms with van der Waals surface area (Å²) in [6.07, 6.45) is 5.05. The molecule has 0 saturated carbocycles. The predicted molar refractivity (Wildman–Crippen MR) is 96.6 cm³/mol. The molecule has 2 aromatic rings. The molecule has 1 aliphatic heterocycles. The Bertz CT molecular complexity index is 705. The molecule has 1 saturated heterocycles. The molecule has 0 N–H and O–H groups in total. The number of amides is 1. The summed E-state index contributed by atoms with van der Waals surface area (Å²) >= 11 is 0. The summed E-state index contributed by atoms with van der Waals surface area (Å²) in [6, 6.07) is 9.40. The van der Waals surface area contributed by atoms with Crippen molar-refractivity contribution in [1.82, 2.24) is 14.9 Å². The van der Waals surface area contributed by atoms with Crippen molar-refractivity contribution in [3.63, 3.8) is 0 Å². The van der Waals surface area contributed by atoms with Crippen molar-refractivity contribution in [3.05, 3.63) is 48.4 Å². The number of rotatable bonds is 4. The molecule has 1 amide bonds. The van der Waals surface area contributed by atoms with Gasteiger partial charge in [-0.1, -0.05) is 39.0 Å². The van der Waals surface area contributed by atoms with Gasteiger partial charge in [0.15, 0.2) is 0 Å². The second-order valence-corrected chi connectivity index (χ2v) is 7.26. The summed E-state index contributed by atoms with van der Waals surface area (Å²) in [7, 11) is 0. The van der Waals surface area contributed by atoms with Gasteiger partial charge in [-0.25, -0.2) is 9.97 Å². The van der Waals surface area contributed by atoms with Gasteiger partial charge in [-0.05, 0) is 36.3 Å². The van der Waals surface area contributed by atoms with Gasteiger partial charge < -0.3 is 9.64 Å². The van der Waals surface area contributed by atoms with Gasteiger partial charge in [-0.15, -0.1) is 0 Å². The second-order valence-electron chi connectivity index (χ2n) is 7.26. The molecule has 5 nitrogen and oxygen atoms in total. The summed E-state index contributed by atoms with van der Waals surface area (Å²) in [5.74, 6) is 1.65. The van der Waals surface area contributed by atoms with Crippen LogP contribution in [0.3, 0.4) is 0 Å². The first-order chi connectivity index (χ1) is 12.0. The molecule has 25 heavy (non-hydrogen) atoms. The van der Waals surface area contributed by atoms with Gasteiger partial charge in [-0.2, -0.15) is 0 Å². The highest BCUT2D eigenvalue weighted by molar-refractivity contribution is 5.92. The molecule has 0 radical (unpaired) electrons. The van der Waals surface area contributed by atoms with E-state index in [0.29, 0.717) is 28.7 Å². The average molecular weight is 339 g/mol. The number of hydrogen-bond donors (Lipinski definition) is 0. The fourth-order valence-corrected chi connectivity index (χ4v) is 3.05. The van der Waals surface area contributed by atoms with Gasteiger partial charge in [0.05, 0.1) is 12.4 Å². The molecule has 1 fully saturated rings. The monoisotopic (exact) mass is 339 g/mol. The summed E-state index contributed by atoms with van der Waals surface area (Å²) in [5.41, 5.74) is 0.684. The number of nitrogens with zero attached hydrogens (tertiary/aromatic N) is 3. The Kier molecular flexibility index (Phi) is 5.02. The van der Waals surface area contributed by atoms with Crippen molar-refractivity contribution in [2.45, 2.75) is 33.6 Å². The molecule has 1 aliphatic rings. The molecule has 5 heteroatoms. The van der Waals surface area contributed by atoms with E-state index in [2.05, 4.69) is 30.7 Å². The SMILES string of the molecule is CC(C)C1(C)CCN(C(=O)c2cnc(Oc3ccccc3)cn2)CC1. The first-order valence-electron chi connectivity index (χ1n) is 8.82. The summed E-state index contributed by atoms with van der Waals surface area (Å²) in [5, 5.41) is 0. The zero-order chi connectivity index (χ0) is 17.9. The number of aromatic nitrogens is 2. The molecule has 0 bridgehead atoms. The lowest BCUT2D eigenvalue weighted by molar-refractivity contribution is 0.0502. The van der Waals surface area contributed by atoms with E-state index in [1.54, 1.807) is 0 Å². The van der Waals surface area contributed by atoms with Crippen LogP contribution in [0.2, 0.25) is 0 Å². The van der Waals surface area contributed by atoms with Crippen LogP contribution in [0.25, 0.3) is 0 Å². The minimum Gasteiger partial charge on any atom is -0.438 e. The maximum absolute atomic E-state index is 12.6. The lowest BCUT2D eigenvalue weighted by Gasteiger charge is -2.42. The molecule has 0 aliphatic carbocycles. The number of likely N-dealkylation sites (tertiary alicyclic amines) is 1. The fourth-order valence-electron chi connectivity index (χ4n) is 3.05. The van der Waals surface area contributed by atoms with Crippen LogP contribution in [-0.4, -0.2) is 33.9 Å². The molecule has 1 aromatic heterocycles. The highest BCUT2D eigenvalue weighted by atomic mass is 16.5. The van der Waals surface area contributed by atoms with Gasteiger partial charge in [0.2, 0.25) is 5.88 Å². The van der Waals surface area contributed by atoms with E-state index in [-0.39, 0.29) is 5.91 Å². The molecule has 2 heterocycles. The largest absolute Gasteiger partial charge is 0.438 e. The molecular weight excluding hydrogens is 314 g/mol. The Morgan fingerprint density at radius 2 is 1.80 bits per heavy atom. The van der Waals surface area contributed by atoms with Crippen molar-refractivity contribution in [2.24, 2.45) is 11.3 Å². The van der Waals surface area contributed by atoms with Crippen LogP contribution < -0.4 is 4.74 Å². The van der Waals surface area contributed by atoms with Crippen molar-refractivity contribution in [1.29, 1.82) is 0 Å². The van der Waals surface area contributed by atoms with Crippen molar-refractivity contribution < 1.29 is 9.53 Å². The lowest BCUT2D eigenvalue weighted by atomic mass is 9.72. The third kappa shape index (κ3) is 3.98. The van der Waals surface area contributed by atoms with Gasteiger partial charge in [0.1, 0.15) is 11.4 Å². The van der Waals surface area contributed by atoms with E-state index in [1.165, 1.54) is 12.4 Å².